The number of anilines is 1. The number of ether oxygens (including phenoxy) is 1. The highest BCUT2D eigenvalue weighted by molar-refractivity contribution is 5.84. The molecule has 1 aromatic rings. The third-order valence-electron chi connectivity index (χ3n) is 8.53. The van der Waals surface area contributed by atoms with Crippen LogP contribution < -0.4 is 5.32 Å². The molecular weight excluding hydrogens is 328 g/mol. The Bertz CT molecular complexity index is 853. The van der Waals surface area contributed by atoms with Gasteiger partial charge in [-0.3, -0.25) is 9.59 Å². The molecule has 3 spiro atoms. The number of esters is 1. The Morgan fingerprint density at radius 3 is 2.92 bits per heavy atom. The maximum Gasteiger partial charge on any atom is 0.311 e. The van der Waals surface area contributed by atoms with Crippen molar-refractivity contribution in [2.45, 2.75) is 55.5 Å². The van der Waals surface area contributed by atoms with Gasteiger partial charge in [0.15, 0.2) is 0 Å². The summed E-state index contributed by atoms with van der Waals surface area (Å²) in [5, 5.41) is 3.83. The summed E-state index contributed by atoms with van der Waals surface area (Å²) in [4.78, 5) is 27.8. The molecule has 3 saturated carbocycles. The van der Waals surface area contributed by atoms with Crippen molar-refractivity contribution in [1.82, 2.24) is 4.90 Å². The van der Waals surface area contributed by atoms with Crippen LogP contribution >= 0.6 is 0 Å². The van der Waals surface area contributed by atoms with Crippen molar-refractivity contribution in [3.63, 3.8) is 0 Å². The Balaban J connectivity index is 1.65. The van der Waals surface area contributed by atoms with Gasteiger partial charge in [-0.1, -0.05) is 18.2 Å². The molecule has 0 radical (unpaired) electrons. The summed E-state index contributed by atoms with van der Waals surface area (Å²) < 4.78 is 5.29. The second-order valence-corrected chi connectivity index (χ2v) is 9.00. The summed E-state index contributed by atoms with van der Waals surface area (Å²) in [7, 11) is 1.51. The van der Waals surface area contributed by atoms with Gasteiger partial charge in [-0.25, -0.2) is 0 Å². The summed E-state index contributed by atoms with van der Waals surface area (Å²) in [6, 6.07) is 8.75. The second kappa shape index (κ2) is 4.44. The fourth-order valence-corrected chi connectivity index (χ4v) is 7.80. The van der Waals surface area contributed by atoms with Crippen LogP contribution in [0.4, 0.5) is 5.69 Å². The molecule has 2 saturated heterocycles. The number of methoxy groups -OCH3 is 1. The molecule has 7 rings (SSSR count). The lowest BCUT2D eigenvalue weighted by Crippen LogP contribution is -2.77. The van der Waals surface area contributed by atoms with Crippen molar-refractivity contribution in [3.8, 4) is 0 Å². The Kier molecular flexibility index (Phi) is 2.57. The Hall–Kier alpha value is -2.04. The van der Waals surface area contributed by atoms with Crippen LogP contribution in [0.15, 0.2) is 24.3 Å². The lowest BCUT2D eigenvalue weighted by molar-refractivity contribution is -0.176. The van der Waals surface area contributed by atoms with E-state index < -0.39 is 0 Å². The van der Waals surface area contributed by atoms with Crippen LogP contribution in [0.2, 0.25) is 0 Å². The maximum atomic E-state index is 12.9. The van der Waals surface area contributed by atoms with E-state index in [1.54, 1.807) is 0 Å². The number of fused-ring (bicyclic) bond motifs is 3. The molecule has 5 heteroatoms. The average Bonchev–Trinajstić information content (AvgIpc) is 3.23. The number of benzene rings is 1. The Morgan fingerprint density at radius 2 is 2.08 bits per heavy atom. The molecule has 0 unspecified atom stereocenters. The van der Waals surface area contributed by atoms with Crippen molar-refractivity contribution in [3.05, 3.63) is 29.8 Å². The number of hydrogen-bond acceptors (Lipinski definition) is 4. The molecule has 136 valence electrons. The largest absolute Gasteiger partial charge is 0.469 e. The van der Waals surface area contributed by atoms with E-state index in [9.17, 15) is 9.59 Å². The maximum absolute atomic E-state index is 12.9. The van der Waals surface area contributed by atoms with Crippen molar-refractivity contribution in [2.75, 3.05) is 19.0 Å². The minimum Gasteiger partial charge on any atom is -0.469 e. The number of nitrogens with zero attached hydrogens (tertiary/aromatic N) is 1. The summed E-state index contributed by atoms with van der Waals surface area (Å²) in [5.41, 5.74) is 2.06. The van der Waals surface area contributed by atoms with Crippen LogP contribution in [0.3, 0.4) is 0 Å². The first kappa shape index (κ1) is 15.1. The second-order valence-electron chi connectivity index (χ2n) is 9.00. The molecule has 5 nitrogen and oxygen atoms in total. The number of piperidine rings is 1. The lowest BCUT2D eigenvalue weighted by atomic mass is 9.39. The molecule has 2 bridgehead atoms. The zero-order valence-corrected chi connectivity index (χ0v) is 15.1. The highest BCUT2D eigenvalue weighted by Gasteiger charge is 2.79. The van der Waals surface area contributed by atoms with Gasteiger partial charge in [0.2, 0.25) is 5.91 Å². The van der Waals surface area contributed by atoms with Crippen molar-refractivity contribution in [2.24, 2.45) is 11.3 Å². The summed E-state index contributed by atoms with van der Waals surface area (Å²) in [5.74, 6) is 0.0785. The van der Waals surface area contributed by atoms with E-state index in [2.05, 4.69) is 34.5 Å². The molecule has 6 aliphatic rings. The van der Waals surface area contributed by atoms with Gasteiger partial charge in [-0.05, 0) is 49.1 Å². The van der Waals surface area contributed by atoms with Gasteiger partial charge < -0.3 is 15.0 Å². The molecular formula is C21H24N2O3. The van der Waals surface area contributed by atoms with Crippen LogP contribution in [-0.4, -0.2) is 42.0 Å². The molecule has 5 fully saturated rings. The average molecular weight is 352 g/mol. The first-order valence-electron chi connectivity index (χ1n) is 9.83. The molecule has 1 aromatic carbocycles. The number of carbonyl (C=O) groups is 2. The van der Waals surface area contributed by atoms with E-state index in [1.807, 2.05) is 0 Å². The lowest BCUT2D eigenvalue weighted by Gasteiger charge is -2.68. The van der Waals surface area contributed by atoms with E-state index in [0.717, 1.165) is 44.3 Å². The molecule has 3 aliphatic heterocycles. The molecule has 3 heterocycles. The van der Waals surface area contributed by atoms with Gasteiger partial charge in [0, 0.05) is 30.1 Å². The summed E-state index contributed by atoms with van der Waals surface area (Å²) >= 11 is 0. The molecule has 5 atom stereocenters. The van der Waals surface area contributed by atoms with Gasteiger partial charge in [0.05, 0.1) is 18.6 Å². The predicted molar refractivity (Wildman–Crippen MR) is 95.6 cm³/mol. The highest BCUT2D eigenvalue weighted by atomic mass is 16.5. The number of hydrogen-bond donors (Lipinski definition) is 1. The molecule has 3 aliphatic carbocycles. The van der Waals surface area contributed by atoms with Crippen molar-refractivity contribution in [1.29, 1.82) is 0 Å². The zero-order chi connectivity index (χ0) is 17.7. The number of rotatable bonds is 1. The van der Waals surface area contributed by atoms with Gasteiger partial charge in [0.25, 0.3) is 0 Å². The van der Waals surface area contributed by atoms with Crippen molar-refractivity contribution >= 4 is 17.6 Å². The third-order valence-corrected chi connectivity index (χ3v) is 8.53. The standard InChI is InChI=1S/C21H24N2O3/c1-26-17(25)14-12-19-7-6-16(24)23-11-10-20(18(19)23)13-4-2-3-5-15(13)22-21(14,20)9-8-19/h2-5,14,18,22H,6-12H2,1H3/t14-,18-,19+,20+,21+/m1/s1. The fourth-order valence-electron chi connectivity index (χ4n) is 7.80. The Labute approximate surface area is 153 Å². The van der Waals surface area contributed by atoms with Crippen LogP contribution in [0, 0.1) is 11.3 Å². The van der Waals surface area contributed by atoms with E-state index in [4.69, 9.17) is 4.74 Å². The summed E-state index contributed by atoms with van der Waals surface area (Å²) in [6.45, 7) is 0.816. The fraction of sp³-hybridized carbons (Fsp3) is 0.619. The Morgan fingerprint density at radius 1 is 1.23 bits per heavy atom. The molecule has 1 amide bonds. The topological polar surface area (TPSA) is 58.6 Å². The predicted octanol–water partition coefficient (Wildman–Crippen LogP) is 2.46. The van der Waals surface area contributed by atoms with Gasteiger partial charge in [-0.2, -0.15) is 0 Å². The van der Waals surface area contributed by atoms with E-state index >= 15 is 0 Å². The normalized spacial score (nSPS) is 44.2. The zero-order valence-electron chi connectivity index (χ0n) is 15.1. The summed E-state index contributed by atoms with van der Waals surface area (Å²) in [6.07, 6.45) is 5.42. The van der Waals surface area contributed by atoms with Crippen LogP contribution in [0.5, 0.6) is 0 Å². The number of carbonyl (C=O) groups excluding carboxylic acids is 2. The minimum absolute atomic E-state index is 0.0597. The van der Waals surface area contributed by atoms with Gasteiger partial charge in [-0.15, -0.1) is 0 Å². The monoisotopic (exact) mass is 352 g/mol. The number of para-hydroxylation sites is 1. The molecule has 26 heavy (non-hydrogen) atoms. The highest BCUT2D eigenvalue weighted by Crippen LogP contribution is 2.74. The molecule has 0 aromatic heterocycles. The van der Waals surface area contributed by atoms with Crippen LogP contribution in [0.25, 0.3) is 0 Å². The van der Waals surface area contributed by atoms with Gasteiger partial charge in [0.1, 0.15) is 0 Å². The quantitative estimate of drug-likeness (QED) is 0.789. The third kappa shape index (κ3) is 1.34. The van der Waals surface area contributed by atoms with E-state index in [1.165, 1.54) is 12.7 Å². The van der Waals surface area contributed by atoms with Gasteiger partial charge >= 0.3 is 5.97 Å². The van der Waals surface area contributed by atoms with Crippen LogP contribution in [0.1, 0.15) is 44.1 Å². The van der Waals surface area contributed by atoms with Crippen LogP contribution in [-0.2, 0) is 19.7 Å². The van der Waals surface area contributed by atoms with Crippen molar-refractivity contribution < 1.29 is 14.3 Å². The molecule has 1 N–H and O–H groups in total. The SMILES string of the molecule is COC(=O)[C@H]1C[C@]23CCC(=O)N4CC[C@]5(c6ccccc6N[C@@]15CC2)[C@H]43. The first-order chi connectivity index (χ1) is 12.6. The van der Waals surface area contributed by atoms with E-state index in [-0.39, 0.29) is 34.3 Å². The minimum atomic E-state index is -0.317. The number of nitrogens with one attached hydrogen (secondary N) is 1. The number of amides is 1. The smallest absolute Gasteiger partial charge is 0.311 e. The van der Waals surface area contributed by atoms with E-state index in [0.29, 0.717) is 12.3 Å². The first-order valence-corrected chi connectivity index (χ1v) is 9.83.